The topological polar surface area (TPSA) is 115 Å². The molecule has 3 heterocycles. The van der Waals surface area contributed by atoms with Gasteiger partial charge in [-0.05, 0) is 56.0 Å². The Balaban J connectivity index is 1.75. The quantitative estimate of drug-likeness (QED) is 0.235. The number of ether oxygens (including phenoxy) is 1. The largest absolute Gasteiger partial charge is 0.490 e. The molecule has 3 aromatic heterocycles. The second-order valence-corrected chi connectivity index (χ2v) is 9.73. The number of urea groups is 1. The Labute approximate surface area is 226 Å². The van der Waals surface area contributed by atoms with Crippen LogP contribution in [0.25, 0.3) is 33.3 Å². The molecule has 196 valence electrons. The van der Waals surface area contributed by atoms with Crippen molar-refractivity contribution in [2.75, 3.05) is 11.9 Å². The molecule has 10 heteroatoms. The van der Waals surface area contributed by atoms with E-state index in [1.54, 1.807) is 30.9 Å². The van der Waals surface area contributed by atoms with E-state index in [1.807, 2.05) is 6.07 Å². The maximum Gasteiger partial charge on any atom is 0.321 e. The third-order valence-electron chi connectivity index (χ3n) is 5.88. The van der Waals surface area contributed by atoms with E-state index in [0.717, 1.165) is 45.9 Å². The molecule has 0 bridgehead atoms. The molecule has 1 aromatic carbocycles. The molecule has 0 saturated heterocycles. The number of aromatic nitrogens is 5. The number of amides is 2. The smallest absolute Gasteiger partial charge is 0.321 e. The van der Waals surface area contributed by atoms with Crippen LogP contribution in [-0.4, -0.2) is 43.6 Å². The number of carbonyl (C=O) groups excluding carboxylic acids is 1. The van der Waals surface area contributed by atoms with Crippen LogP contribution in [0, 0.1) is 13.8 Å². The van der Waals surface area contributed by atoms with Gasteiger partial charge in [0, 0.05) is 30.7 Å². The minimum absolute atomic E-state index is 0.182. The van der Waals surface area contributed by atoms with Crippen LogP contribution in [-0.2, 0) is 0 Å². The first-order chi connectivity index (χ1) is 18.4. The molecule has 4 aromatic rings. The summed E-state index contributed by atoms with van der Waals surface area (Å²) in [5, 5.41) is 5.87. The van der Waals surface area contributed by atoms with Gasteiger partial charge < -0.3 is 10.1 Å². The number of hydrogen-bond donors (Lipinski definition) is 2. The van der Waals surface area contributed by atoms with E-state index in [9.17, 15) is 4.79 Å². The zero-order valence-electron chi connectivity index (χ0n) is 22.0. The summed E-state index contributed by atoms with van der Waals surface area (Å²) in [5.41, 5.74) is 5.08. The first kappa shape index (κ1) is 26.9. The lowest BCUT2D eigenvalue weighted by Crippen LogP contribution is -2.28. The Morgan fingerprint density at radius 3 is 2.42 bits per heavy atom. The van der Waals surface area contributed by atoms with Crippen LogP contribution in [0.1, 0.15) is 37.8 Å². The summed E-state index contributed by atoms with van der Waals surface area (Å²) in [6, 6.07) is 5.70. The van der Waals surface area contributed by atoms with Crippen LogP contribution < -0.4 is 15.4 Å². The highest BCUT2D eigenvalue weighted by molar-refractivity contribution is 7.19. The molecule has 0 atom stereocenters. The molecule has 9 nitrogen and oxygen atoms in total. The van der Waals surface area contributed by atoms with Gasteiger partial charge in [-0.1, -0.05) is 31.3 Å². The minimum atomic E-state index is -0.351. The Morgan fingerprint density at radius 1 is 1.03 bits per heavy atom. The summed E-state index contributed by atoms with van der Waals surface area (Å²) < 4.78 is 6.21. The Hall–Kier alpha value is -4.18. The Morgan fingerprint density at radius 2 is 1.76 bits per heavy atom. The second-order valence-electron chi connectivity index (χ2n) is 8.69. The molecule has 0 radical (unpaired) electrons. The fourth-order valence-corrected chi connectivity index (χ4v) is 4.80. The SMILES string of the molecule is C=CCNC(=O)Nc1ncc(-c2cc(-c3c(C)cc(OC(CC)CC)cc3C)nc(-c3cnccn3)n2)s1. The first-order valence-electron chi connectivity index (χ1n) is 12.5. The fraction of sp³-hybridized carbons (Fsp3) is 0.286. The maximum atomic E-state index is 12.0. The normalized spacial score (nSPS) is 10.9. The van der Waals surface area contributed by atoms with Crippen LogP contribution in [0.5, 0.6) is 5.75 Å². The van der Waals surface area contributed by atoms with Crippen LogP contribution >= 0.6 is 11.3 Å². The molecule has 4 rings (SSSR count). The van der Waals surface area contributed by atoms with Crippen LogP contribution in [0.2, 0.25) is 0 Å². The molecule has 0 aliphatic heterocycles. The van der Waals surface area contributed by atoms with E-state index in [2.05, 4.69) is 72.0 Å². The molecular weight excluding hydrogens is 498 g/mol. The molecule has 0 aliphatic carbocycles. The third-order valence-corrected chi connectivity index (χ3v) is 6.82. The van der Waals surface area contributed by atoms with E-state index in [4.69, 9.17) is 14.7 Å². The molecule has 0 saturated carbocycles. The number of benzene rings is 1. The van der Waals surface area contributed by atoms with Crippen molar-refractivity contribution in [3.05, 3.63) is 66.8 Å². The number of anilines is 1. The second kappa shape index (κ2) is 12.4. The van der Waals surface area contributed by atoms with Gasteiger partial charge in [-0.3, -0.25) is 10.3 Å². The van der Waals surface area contributed by atoms with Gasteiger partial charge in [-0.2, -0.15) is 0 Å². The summed E-state index contributed by atoms with van der Waals surface area (Å²) in [6.45, 7) is 12.3. The molecule has 2 N–H and O–H groups in total. The first-order valence-corrected chi connectivity index (χ1v) is 13.3. The summed E-state index contributed by atoms with van der Waals surface area (Å²) in [7, 11) is 0. The van der Waals surface area contributed by atoms with Crippen molar-refractivity contribution < 1.29 is 9.53 Å². The molecule has 0 spiro atoms. The number of thiazole rings is 1. The number of aryl methyl sites for hydroxylation is 2. The molecule has 0 fully saturated rings. The molecule has 2 amide bonds. The van der Waals surface area contributed by atoms with Crippen molar-refractivity contribution in [1.82, 2.24) is 30.2 Å². The van der Waals surface area contributed by atoms with Gasteiger partial charge in [0.1, 0.15) is 11.4 Å². The van der Waals surface area contributed by atoms with Crippen molar-refractivity contribution in [2.45, 2.75) is 46.6 Å². The number of nitrogens with one attached hydrogen (secondary N) is 2. The van der Waals surface area contributed by atoms with Gasteiger partial charge in [0.25, 0.3) is 0 Å². The number of carbonyl (C=O) groups is 1. The average molecular weight is 530 g/mol. The highest BCUT2D eigenvalue weighted by Gasteiger charge is 2.18. The molecule has 0 unspecified atom stereocenters. The summed E-state index contributed by atoms with van der Waals surface area (Å²) >= 11 is 1.32. The van der Waals surface area contributed by atoms with Crippen LogP contribution in [0.3, 0.4) is 0 Å². The van der Waals surface area contributed by atoms with Gasteiger partial charge in [-0.25, -0.2) is 24.7 Å². The summed E-state index contributed by atoms with van der Waals surface area (Å²) in [4.78, 5) is 35.4. The summed E-state index contributed by atoms with van der Waals surface area (Å²) in [5.74, 6) is 1.31. The van der Waals surface area contributed by atoms with Gasteiger partial charge in [0.2, 0.25) is 0 Å². The Bertz CT molecular complexity index is 1390. The van der Waals surface area contributed by atoms with Crippen LogP contribution in [0.15, 0.2) is 55.6 Å². The molecule has 0 aliphatic rings. The van der Waals surface area contributed by atoms with Crippen molar-refractivity contribution in [1.29, 1.82) is 0 Å². The van der Waals surface area contributed by atoms with E-state index >= 15 is 0 Å². The van der Waals surface area contributed by atoms with Crippen LogP contribution in [0.4, 0.5) is 9.93 Å². The van der Waals surface area contributed by atoms with Gasteiger partial charge >= 0.3 is 6.03 Å². The third kappa shape index (κ3) is 6.38. The predicted octanol–water partition coefficient (Wildman–Crippen LogP) is 6.22. The van der Waals surface area contributed by atoms with Gasteiger partial charge in [-0.15, -0.1) is 6.58 Å². The maximum absolute atomic E-state index is 12.0. The van der Waals surface area contributed by atoms with Crippen molar-refractivity contribution >= 4 is 22.5 Å². The number of hydrogen-bond acceptors (Lipinski definition) is 8. The van der Waals surface area contributed by atoms with Crippen molar-refractivity contribution in [3.8, 4) is 39.1 Å². The highest BCUT2D eigenvalue weighted by Crippen LogP contribution is 2.35. The van der Waals surface area contributed by atoms with Crippen molar-refractivity contribution in [3.63, 3.8) is 0 Å². The monoisotopic (exact) mass is 529 g/mol. The minimum Gasteiger partial charge on any atom is -0.490 e. The van der Waals surface area contributed by atoms with E-state index in [0.29, 0.717) is 28.9 Å². The van der Waals surface area contributed by atoms with Gasteiger partial charge in [0.15, 0.2) is 11.0 Å². The standard InChI is InChI=1S/C28H31N7O2S/c1-6-9-31-27(36)35-28-32-16-24(38-28)21-14-22(34-26(33-21)23-15-29-10-11-30-23)25-17(4)12-20(13-18(25)5)37-19(7-2)8-3/h6,10-16,19H,1,7-9H2,2-5H3,(H2,31,32,35,36). The Kier molecular flexibility index (Phi) is 8.75. The van der Waals surface area contributed by atoms with E-state index < -0.39 is 0 Å². The van der Waals surface area contributed by atoms with Crippen molar-refractivity contribution in [2.24, 2.45) is 0 Å². The number of nitrogens with zero attached hydrogens (tertiary/aromatic N) is 5. The van der Waals surface area contributed by atoms with E-state index in [-0.39, 0.29) is 12.1 Å². The summed E-state index contributed by atoms with van der Waals surface area (Å²) in [6.07, 6.45) is 10.2. The van der Waals surface area contributed by atoms with Gasteiger partial charge in [0.05, 0.1) is 28.6 Å². The lowest BCUT2D eigenvalue weighted by atomic mass is 9.98. The number of rotatable bonds is 10. The zero-order valence-corrected chi connectivity index (χ0v) is 22.8. The highest BCUT2D eigenvalue weighted by atomic mass is 32.1. The zero-order chi connectivity index (χ0) is 27.1. The lowest BCUT2D eigenvalue weighted by molar-refractivity contribution is 0.192. The predicted molar refractivity (Wildman–Crippen MR) is 151 cm³/mol. The average Bonchev–Trinajstić information content (AvgIpc) is 3.39. The molecular formula is C28H31N7O2S. The fourth-order valence-electron chi connectivity index (χ4n) is 4.03. The lowest BCUT2D eigenvalue weighted by Gasteiger charge is -2.19. The van der Waals surface area contributed by atoms with E-state index in [1.165, 1.54) is 11.3 Å². The molecule has 38 heavy (non-hydrogen) atoms.